The quantitative estimate of drug-likeness (QED) is 0.568. The molecule has 54 valence electrons. The Kier molecular flexibility index (Phi) is 1.86. The van der Waals surface area contributed by atoms with Crippen LogP contribution in [-0.2, 0) is 12.8 Å². The minimum absolute atomic E-state index is 0. The third kappa shape index (κ3) is 0.971. The van der Waals surface area contributed by atoms with Crippen LogP contribution in [-0.4, -0.2) is 0 Å². The molecule has 1 aliphatic rings. The summed E-state index contributed by atoms with van der Waals surface area (Å²) in [4.78, 5) is 0. The predicted octanol–water partition coefficient (Wildman–Crippen LogP) is 1.79. The Morgan fingerprint density at radius 3 is 2.20 bits per heavy atom. The van der Waals surface area contributed by atoms with Gasteiger partial charge in [-0.3, -0.25) is 0 Å². The highest BCUT2D eigenvalue weighted by Crippen LogP contribution is 2.24. The number of hydrogen-bond acceptors (Lipinski definition) is 1. The molecule has 0 atom stereocenters. The summed E-state index contributed by atoms with van der Waals surface area (Å²) in [6, 6.07) is 6.16. The molecule has 0 amide bonds. The molecule has 0 radical (unpaired) electrons. The van der Waals surface area contributed by atoms with E-state index < -0.39 is 0 Å². The van der Waals surface area contributed by atoms with Crippen LogP contribution >= 0.6 is 12.4 Å². The van der Waals surface area contributed by atoms with Crippen molar-refractivity contribution in [3.8, 4) is 0 Å². The van der Waals surface area contributed by atoms with Crippen LogP contribution in [0.15, 0.2) is 18.2 Å². The van der Waals surface area contributed by atoms with Crippen LogP contribution in [0.4, 0.5) is 5.69 Å². The van der Waals surface area contributed by atoms with Crippen LogP contribution in [0, 0.1) is 0 Å². The number of benzene rings is 1. The second kappa shape index (κ2) is 2.51. The lowest BCUT2D eigenvalue weighted by molar-refractivity contribution is 0.840. The fraction of sp³-hybridized carbons (Fsp3) is 0.250. The first kappa shape index (κ1) is 7.42. The van der Waals surface area contributed by atoms with Gasteiger partial charge in [0.2, 0.25) is 0 Å². The van der Waals surface area contributed by atoms with Gasteiger partial charge in [0.25, 0.3) is 0 Å². The molecular formula is C8H10ClN. The summed E-state index contributed by atoms with van der Waals surface area (Å²) in [5, 5.41) is 0. The van der Waals surface area contributed by atoms with E-state index in [0.717, 1.165) is 5.69 Å². The van der Waals surface area contributed by atoms with Crippen molar-refractivity contribution in [3.05, 3.63) is 29.3 Å². The van der Waals surface area contributed by atoms with E-state index in [9.17, 15) is 0 Å². The third-order valence-electron chi connectivity index (χ3n) is 1.89. The number of anilines is 1. The molecule has 0 bridgehead atoms. The number of hydrogen-bond donors (Lipinski definition) is 1. The first-order valence-electron chi connectivity index (χ1n) is 3.23. The van der Waals surface area contributed by atoms with Crippen molar-refractivity contribution in [2.24, 2.45) is 0 Å². The van der Waals surface area contributed by atoms with Gasteiger partial charge in [-0.1, -0.05) is 6.07 Å². The highest BCUT2D eigenvalue weighted by atomic mass is 35.5. The topological polar surface area (TPSA) is 26.0 Å². The minimum atomic E-state index is 0. The molecule has 0 heterocycles. The summed E-state index contributed by atoms with van der Waals surface area (Å²) in [5.41, 5.74) is 9.37. The molecule has 1 aromatic rings. The summed E-state index contributed by atoms with van der Waals surface area (Å²) in [6.07, 6.45) is 2.47. The summed E-state index contributed by atoms with van der Waals surface area (Å²) in [6.45, 7) is 0. The molecule has 1 aromatic carbocycles. The molecule has 0 saturated carbocycles. The second-order valence-electron chi connectivity index (χ2n) is 2.53. The first-order chi connectivity index (χ1) is 4.36. The van der Waals surface area contributed by atoms with E-state index in [-0.39, 0.29) is 12.4 Å². The molecule has 0 unspecified atom stereocenters. The van der Waals surface area contributed by atoms with Gasteiger partial charge >= 0.3 is 0 Å². The zero-order valence-corrected chi connectivity index (χ0v) is 6.45. The van der Waals surface area contributed by atoms with Crippen LogP contribution < -0.4 is 5.73 Å². The standard InChI is InChI=1S/C8H9N.ClH/c9-8-4-3-6-1-2-7(6)5-8;/h3-5H,1-2,9H2;1H. The highest BCUT2D eigenvalue weighted by molar-refractivity contribution is 5.85. The molecule has 2 N–H and O–H groups in total. The summed E-state index contributed by atoms with van der Waals surface area (Å²) < 4.78 is 0. The largest absolute Gasteiger partial charge is 0.399 e. The van der Waals surface area contributed by atoms with Crippen molar-refractivity contribution in [1.82, 2.24) is 0 Å². The molecule has 1 aliphatic carbocycles. The lowest BCUT2D eigenvalue weighted by Crippen LogP contribution is -2.07. The van der Waals surface area contributed by atoms with Crippen LogP contribution in [0.1, 0.15) is 11.1 Å². The van der Waals surface area contributed by atoms with Gasteiger partial charge in [0, 0.05) is 5.69 Å². The Morgan fingerprint density at radius 1 is 1.10 bits per heavy atom. The Bertz CT molecular complexity index is 245. The van der Waals surface area contributed by atoms with E-state index in [4.69, 9.17) is 5.73 Å². The lowest BCUT2D eigenvalue weighted by atomic mass is 9.88. The van der Waals surface area contributed by atoms with Crippen LogP contribution in [0.3, 0.4) is 0 Å². The van der Waals surface area contributed by atoms with Crippen molar-refractivity contribution < 1.29 is 0 Å². The van der Waals surface area contributed by atoms with Crippen LogP contribution in [0.5, 0.6) is 0 Å². The van der Waals surface area contributed by atoms with Crippen LogP contribution in [0.2, 0.25) is 0 Å². The molecule has 1 nitrogen and oxygen atoms in total. The smallest absolute Gasteiger partial charge is 0.0316 e. The summed E-state index contributed by atoms with van der Waals surface area (Å²) in [5.74, 6) is 0. The predicted molar refractivity (Wildman–Crippen MR) is 45.5 cm³/mol. The number of nitrogen functional groups attached to an aromatic ring is 1. The Morgan fingerprint density at radius 2 is 1.80 bits per heavy atom. The van der Waals surface area contributed by atoms with Crippen molar-refractivity contribution in [2.75, 3.05) is 5.73 Å². The van der Waals surface area contributed by atoms with Gasteiger partial charge in [-0.2, -0.15) is 0 Å². The maximum absolute atomic E-state index is 5.56. The molecule has 0 spiro atoms. The average molecular weight is 156 g/mol. The van der Waals surface area contributed by atoms with Crippen molar-refractivity contribution in [2.45, 2.75) is 12.8 Å². The maximum atomic E-state index is 5.56. The fourth-order valence-corrected chi connectivity index (χ4v) is 1.22. The molecule has 0 fully saturated rings. The Hall–Kier alpha value is -0.690. The van der Waals surface area contributed by atoms with E-state index >= 15 is 0 Å². The van der Waals surface area contributed by atoms with Gasteiger partial charge in [-0.15, -0.1) is 12.4 Å². The Labute approximate surface area is 66.6 Å². The summed E-state index contributed by atoms with van der Waals surface area (Å²) in [7, 11) is 0. The van der Waals surface area contributed by atoms with Gasteiger partial charge in [0.05, 0.1) is 0 Å². The molecule has 2 heteroatoms. The molecule has 0 saturated heterocycles. The normalized spacial score (nSPS) is 12.8. The van der Waals surface area contributed by atoms with Crippen molar-refractivity contribution in [1.29, 1.82) is 0 Å². The van der Waals surface area contributed by atoms with Gasteiger partial charge in [-0.05, 0) is 36.1 Å². The summed E-state index contributed by atoms with van der Waals surface area (Å²) >= 11 is 0. The van der Waals surface area contributed by atoms with Crippen molar-refractivity contribution in [3.63, 3.8) is 0 Å². The maximum Gasteiger partial charge on any atom is 0.0316 e. The van der Waals surface area contributed by atoms with E-state index in [1.165, 1.54) is 24.0 Å². The zero-order valence-electron chi connectivity index (χ0n) is 5.63. The monoisotopic (exact) mass is 155 g/mol. The zero-order chi connectivity index (χ0) is 6.27. The van der Waals surface area contributed by atoms with Gasteiger partial charge < -0.3 is 5.73 Å². The van der Waals surface area contributed by atoms with Crippen molar-refractivity contribution >= 4 is 18.1 Å². The fourth-order valence-electron chi connectivity index (χ4n) is 1.22. The highest BCUT2D eigenvalue weighted by Gasteiger charge is 2.11. The van der Waals surface area contributed by atoms with E-state index in [2.05, 4.69) is 12.1 Å². The third-order valence-corrected chi connectivity index (χ3v) is 1.89. The molecule has 0 aliphatic heterocycles. The Balaban J connectivity index is 0.000000500. The van der Waals surface area contributed by atoms with E-state index in [1.54, 1.807) is 0 Å². The molecule has 0 aromatic heterocycles. The number of rotatable bonds is 0. The van der Waals surface area contributed by atoms with Gasteiger partial charge in [-0.25, -0.2) is 0 Å². The number of fused-ring (bicyclic) bond motifs is 1. The molecule has 2 rings (SSSR count). The number of nitrogens with two attached hydrogens (primary N) is 1. The molecule has 10 heavy (non-hydrogen) atoms. The van der Waals surface area contributed by atoms with Gasteiger partial charge in [0.15, 0.2) is 0 Å². The van der Waals surface area contributed by atoms with E-state index in [1.807, 2.05) is 6.07 Å². The van der Waals surface area contributed by atoms with E-state index in [0.29, 0.717) is 0 Å². The first-order valence-corrected chi connectivity index (χ1v) is 3.23. The lowest BCUT2D eigenvalue weighted by Gasteiger charge is -2.17. The second-order valence-corrected chi connectivity index (χ2v) is 2.53. The minimum Gasteiger partial charge on any atom is -0.399 e. The SMILES string of the molecule is Cl.Nc1ccc2c(c1)CC2. The van der Waals surface area contributed by atoms with Gasteiger partial charge in [0.1, 0.15) is 0 Å². The number of halogens is 1. The average Bonchev–Trinajstić information content (AvgIpc) is 1.78. The van der Waals surface area contributed by atoms with Crippen LogP contribution in [0.25, 0.3) is 0 Å². The molecular weight excluding hydrogens is 146 g/mol. The number of aryl methyl sites for hydroxylation is 2.